The van der Waals surface area contributed by atoms with Crippen LogP contribution in [-0.4, -0.2) is 32.9 Å². The van der Waals surface area contributed by atoms with Crippen LogP contribution in [0.15, 0.2) is 60.7 Å². The fraction of sp³-hybridized carbons (Fsp3) is 0.429. The standard InChI is InChI=1S/C28H33N3O2/c1-20(21-12-6-5-7-13-21)31-26(32)25-18-22-14-10-11-17-24(22)30(25)19-28(31,2)27(33)29-23-15-8-3-4-9-16-23/h5-7,10-14,17-18,20,23H,3-4,8-9,15-16,19H2,1-2H3,(H,29,33)/t20-,28+/m1/s1. The Morgan fingerprint density at radius 1 is 1.00 bits per heavy atom. The molecule has 0 spiro atoms. The highest BCUT2D eigenvalue weighted by atomic mass is 16.2. The molecule has 3 aromatic rings. The smallest absolute Gasteiger partial charge is 0.271 e. The number of benzene rings is 2. The Morgan fingerprint density at radius 3 is 2.39 bits per heavy atom. The molecule has 0 bridgehead atoms. The largest absolute Gasteiger partial charge is 0.351 e. The minimum atomic E-state index is -0.993. The summed E-state index contributed by atoms with van der Waals surface area (Å²) >= 11 is 0. The van der Waals surface area contributed by atoms with Crippen LogP contribution in [0.3, 0.4) is 0 Å². The van der Waals surface area contributed by atoms with Gasteiger partial charge in [-0.3, -0.25) is 9.59 Å². The molecule has 5 rings (SSSR count). The third kappa shape index (κ3) is 3.84. The van der Waals surface area contributed by atoms with E-state index in [1.54, 1.807) is 0 Å². The van der Waals surface area contributed by atoms with Gasteiger partial charge in [-0.05, 0) is 44.4 Å². The SMILES string of the molecule is C[C@H](c1ccccc1)N1C(=O)c2cc3ccccc3n2C[C@@]1(C)C(=O)NC1CCCCCC1. The van der Waals surface area contributed by atoms with Gasteiger partial charge in [-0.2, -0.15) is 0 Å². The molecule has 2 atom stereocenters. The van der Waals surface area contributed by atoms with Gasteiger partial charge < -0.3 is 14.8 Å². The molecule has 33 heavy (non-hydrogen) atoms. The van der Waals surface area contributed by atoms with Gasteiger partial charge in [-0.25, -0.2) is 0 Å². The van der Waals surface area contributed by atoms with E-state index in [1.165, 1.54) is 12.8 Å². The lowest BCUT2D eigenvalue weighted by atomic mass is 9.90. The summed E-state index contributed by atoms with van der Waals surface area (Å²) in [6.07, 6.45) is 6.80. The van der Waals surface area contributed by atoms with Crippen LogP contribution in [0.25, 0.3) is 10.9 Å². The number of nitrogens with zero attached hydrogens (tertiary/aromatic N) is 2. The number of para-hydroxylation sites is 1. The Morgan fingerprint density at radius 2 is 1.67 bits per heavy atom. The third-order valence-electron chi connectivity index (χ3n) is 7.60. The molecule has 1 aromatic heterocycles. The first-order valence-corrected chi connectivity index (χ1v) is 12.3. The molecule has 0 saturated heterocycles. The minimum Gasteiger partial charge on any atom is -0.351 e. The average molecular weight is 444 g/mol. The van der Waals surface area contributed by atoms with Crippen LogP contribution in [0.1, 0.15) is 74.5 Å². The molecule has 2 aliphatic rings. The number of hydrogen-bond donors (Lipinski definition) is 1. The van der Waals surface area contributed by atoms with Crippen molar-refractivity contribution in [2.75, 3.05) is 0 Å². The first kappa shape index (κ1) is 21.7. The van der Waals surface area contributed by atoms with Gasteiger partial charge >= 0.3 is 0 Å². The van der Waals surface area contributed by atoms with E-state index in [9.17, 15) is 9.59 Å². The van der Waals surface area contributed by atoms with Gasteiger partial charge in [0.1, 0.15) is 11.2 Å². The van der Waals surface area contributed by atoms with E-state index in [-0.39, 0.29) is 23.9 Å². The number of rotatable bonds is 4. The number of carbonyl (C=O) groups is 2. The summed E-state index contributed by atoms with van der Waals surface area (Å²) in [6.45, 7) is 4.41. The second-order valence-corrected chi connectivity index (χ2v) is 9.87. The number of aromatic nitrogens is 1. The second-order valence-electron chi connectivity index (χ2n) is 9.87. The molecule has 0 unspecified atom stereocenters. The normalized spacial score (nSPS) is 22.6. The van der Waals surface area contributed by atoms with Crippen LogP contribution in [0, 0.1) is 0 Å². The van der Waals surface area contributed by atoms with Crippen molar-refractivity contribution < 1.29 is 9.59 Å². The zero-order valence-corrected chi connectivity index (χ0v) is 19.6. The summed E-state index contributed by atoms with van der Waals surface area (Å²) in [7, 11) is 0. The quantitative estimate of drug-likeness (QED) is 0.545. The predicted molar refractivity (Wildman–Crippen MR) is 131 cm³/mol. The van der Waals surface area contributed by atoms with Crippen molar-refractivity contribution in [1.82, 2.24) is 14.8 Å². The molecular weight excluding hydrogens is 410 g/mol. The van der Waals surface area contributed by atoms with Gasteiger partial charge in [-0.1, -0.05) is 74.2 Å². The number of hydrogen-bond acceptors (Lipinski definition) is 2. The van der Waals surface area contributed by atoms with Crippen LogP contribution in [-0.2, 0) is 11.3 Å². The molecule has 5 heteroatoms. The fourth-order valence-corrected chi connectivity index (χ4v) is 5.72. The Balaban J connectivity index is 1.57. The molecule has 2 amide bonds. The van der Waals surface area contributed by atoms with E-state index in [0.29, 0.717) is 12.2 Å². The molecule has 0 radical (unpaired) electrons. The molecule has 1 N–H and O–H groups in total. The highest BCUT2D eigenvalue weighted by Crippen LogP contribution is 2.38. The Labute approximate surface area is 195 Å². The monoisotopic (exact) mass is 443 g/mol. The average Bonchev–Trinajstić information content (AvgIpc) is 3.00. The van der Waals surface area contributed by atoms with Crippen LogP contribution in [0.4, 0.5) is 0 Å². The van der Waals surface area contributed by atoms with Gasteiger partial charge in [0.05, 0.1) is 12.6 Å². The highest BCUT2D eigenvalue weighted by molar-refractivity contribution is 6.03. The first-order chi connectivity index (χ1) is 16.0. The molecule has 2 heterocycles. The maximum absolute atomic E-state index is 14.0. The second kappa shape index (κ2) is 8.69. The summed E-state index contributed by atoms with van der Waals surface area (Å²) in [4.78, 5) is 29.8. The first-order valence-electron chi connectivity index (χ1n) is 12.3. The van der Waals surface area contributed by atoms with E-state index < -0.39 is 5.54 Å². The van der Waals surface area contributed by atoms with Crippen molar-refractivity contribution in [3.63, 3.8) is 0 Å². The van der Waals surface area contributed by atoms with Crippen LogP contribution in [0.2, 0.25) is 0 Å². The summed E-state index contributed by atoms with van der Waals surface area (Å²) in [5.74, 6) is -0.138. The lowest BCUT2D eigenvalue weighted by molar-refractivity contribution is -0.135. The van der Waals surface area contributed by atoms with Crippen LogP contribution in [0.5, 0.6) is 0 Å². The predicted octanol–water partition coefficient (Wildman–Crippen LogP) is 5.46. The lowest BCUT2D eigenvalue weighted by Crippen LogP contribution is -2.65. The van der Waals surface area contributed by atoms with E-state index >= 15 is 0 Å². The molecule has 2 aromatic carbocycles. The van der Waals surface area contributed by atoms with Gasteiger partial charge in [0.15, 0.2) is 0 Å². The molecule has 5 nitrogen and oxygen atoms in total. The lowest BCUT2D eigenvalue weighted by Gasteiger charge is -2.47. The van der Waals surface area contributed by atoms with E-state index in [1.807, 2.05) is 84.0 Å². The van der Waals surface area contributed by atoms with E-state index in [4.69, 9.17) is 0 Å². The topological polar surface area (TPSA) is 54.3 Å². The van der Waals surface area contributed by atoms with Crippen molar-refractivity contribution in [2.45, 2.75) is 76.5 Å². The van der Waals surface area contributed by atoms with Crippen molar-refractivity contribution in [3.8, 4) is 0 Å². The maximum atomic E-state index is 14.0. The van der Waals surface area contributed by atoms with E-state index in [0.717, 1.165) is 42.1 Å². The summed E-state index contributed by atoms with van der Waals surface area (Å²) < 4.78 is 2.04. The summed E-state index contributed by atoms with van der Waals surface area (Å²) in [6, 6.07) is 20.0. The molecule has 1 saturated carbocycles. The number of carbonyl (C=O) groups excluding carboxylic acids is 2. The number of amides is 2. The minimum absolute atomic E-state index is 0.0473. The molecular formula is C28H33N3O2. The zero-order valence-electron chi connectivity index (χ0n) is 19.6. The summed E-state index contributed by atoms with van der Waals surface area (Å²) in [5, 5.41) is 4.38. The molecule has 1 aliphatic heterocycles. The maximum Gasteiger partial charge on any atom is 0.271 e. The Hall–Kier alpha value is -3.08. The fourth-order valence-electron chi connectivity index (χ4n) is 5.72. The molecule has 172 valence electrons. The Bertz CT molecular complexity index is 1160. The van der Waals surface area contributed by atoms with Crippen molar-refractivity contribution in [3.05, 3.63) is 71.9 Å². The van der Waals surface area contributed by atoms with Crippen molar-refractivity contribution >= 4 is 22.7 Å². The van der Waals surface area contributed by atoms with Crippen molar-refractivity contribution in [2.24, 2.45) is 0 Å². The highest BCUT2D eigenvalue weighted by Gasteiger charge is 2.50. The Kier molecular flexibility index (Phi) is 5.73. The van der Waals surface area contributed by atoms with Gasteiger partial charge in [0.25, 0.3) is 5.91 Å². The zero-order chi connectivity index (χ0) is 23.0. The van der Waals surface area contributed by atoms with Gasteiger partial charge in [-0.15, -0.1) is 0 Å². The number of fused-ring (bicyclic) bond motifs is 3. The van der Waals surface area contributed by atoms with Gasteiger partial charge in [0.2, 0.25) is 5.91 Å². The number of nitrogens with one attached hydrogen (secondary N) is 1. The molecule has 1 fully saturated rings. The van der Waals surface area contributed by atoms with Crippen LogP contribution >= 0.6 is 0 Å². The third-order valence-corrected chi connectivity index (χ3v) is 7.60. The van der Waals surface area contributed by atoms with E-state index in [2.05, 4.69) is 5.32 Å². The van der Waals surface area contributed by atoms with Crippen LogP contribution < -0.4 is 5.32 Å². The van der Waals surface area contributed by atoms with Gasteiger partial charge in [0, 0.05) is 16.9 Å². The van der Waals surface area contributed by atoms with Crippen molar-refractivity contribution in [1.29, 1.82) is 0 Å². The summed E-state index contributed by atoms with van der Waals surface area (Å²) in [5.41, 5.74) is 1.69. The molecule has 1 aliphatic carbocycles.